The van der Waals surface area contributed by atoms with E-state index in [1.165, 1.54) is 13.2 Å². The average Bonchev–Trinajstić information content (AvgIpc) is 2.72. The molecule has 0 saturated heterocycles. The van der Waals surface area contributed by atoms with Crippen LogP contribution in [0.2, 0.25) is 0 Å². The van der Waals surface area contributed by atoms with E-state index in [0.717, 1.165) is 19.3 Å². The molecule has 0 aliphatic rings. The maximum atomic E-state index is 11.7. The van der Waals surface area contributed by atoms with Crippen molar-refractivity contribution in [3.63, 3.8) is 0 Å². The van der Waals surface area contributed by atoms with Gasteiger partial charge < -0.3 is 20.1 Å². The first kappa shape index (κ1) is 24.9. The molecule has 0 bridgehead atoms. The van der Waals surface area contributed by atoms with Gasteiger partial charge in [-0.05, 0) is 59.1 Å². The van der Waals surface area contributed by atoms with E-state index in [4.69, 9.17) is 9.47 Å². The van der Waals surface area contributed by atoms with Crippen molar-refractivity contribution in [2.45, 2.75) is 58.6 Å². The van der Waals surface area contributed by atoms with E-state index in [1.54, 1.807) is 18.3 Å². The van der Waals surface area contributed by atoms with Crippen molar-refractivity contribution in [1.29, 1.82) is 0 Å². The van der Waals surface area contributed by atoms with Crippen molar-refractivity contribution < 1.29 is 19.2 Å². The number of carbonyl (C=O) groups is 1. The number of hydrogen-bond acceptors (Lipinski definition) is 7. The number of pyridine rings is 1. The van der Waals surface area contributed by atoms with Gasteiger partial charge in [-0.2, -0.15) is 0 Å². The number of nitrogens with zero attached hydrogens (tertiary/aromatic N) is 2. The minimum atomic E-state index is -0.526. The molecule has 0 saturated carbocycles. The number of anilines is 1. The van der Waals surface area contributed by atoms with E-state index >= 15 is 0 Å². The zero-order chi connectivity index (χ0) is 23.7. The van der Waals surface area contributed by atoms with Gasteiger partial charge in [-0.3, -0.25) is 10.1 Å². The van der Waals surface area contributed by atoms with Crippen molar-refractivity contribution in [2.75, 3.05) is 19.0 Å². The van der Waals surface area contributed by atoms with Crippen molar-refractivity contribution in [1.82, 2.24) is 10.3 Å². The summed E-state index contributed by atoms with van der Waals surface area (Å²) in [5, 5.41) is 17.7. The van der Waals surface area contributed by atoms with Gasteiger partial charge in [0.2, 0.25) is 5.88 Å². The van der Waals surface area contributed by atoms with Gasteiger partial charge in [-0.1, -0.05) is 12.1 Å². The van der Waals surface area contributed by atoms with Crippen LogP contribution in [0.25, 0.3) is 11.1 Å². The Balaban J connectivity index is 2.03. The zero-order valence-corrected chi connectivity index (χ0v) is 19.3. The molecule has 1 aromatic heterocycles. The third kappa shape index (κ3) is 7.40. The van der Waals surface area contributed by atoms with E-state index in [0.29, 0.717) is 29.2 Å². The lowest BCUT2D eigenvalue weighted by Crippen LogP contribution is -2.33. The molecule has 0 aliphatic heterocycles. The molecule has 0 fully saturated rings. The summed E-state index contributed by atoms with van der Waals surface area (Å²) in [6.07, 6.45) is 3.55. The molecule has 0 radical (unpaired) electrons. The van der Waals surface area contributed by atoms with E-state index in [1.807, 2.05) is 39.8 Å². The van der Waals surface area contributed by atoms with Crippen LogP contribution in [0.1, 0.15) is 47.0 Å². The normalized spacial score (nSPS) is 12.0. The first-order valence-corrected chi connectivity index (χ1v) is 10.6. The molecule has 1 aromatic carbocycles. The van der Waals surface area contributed by atoms with Crippen LogP contribution in [-0.4, -0.2) is 41.3 Å². The van der Waals surface area contributed by atoms with Crippen LogP contribution in [0.4, 0.5) is 16.2 Å². The predicted octanol–water partition coefficient (Wildman–Crippen LogP) is 5.16. The Morgan fingerprint density at radius 3 is 2.56 bits per heavy atom. The van der Waals surface area contributed by atoms with E-state index in [9.17, 15) is 14.9 Å². The second-order valence-corrected chi connectivity index (χ2v) is 8.49. The average molecular weight is 445 g/mol. The summed E-state index contributed by atoms with van der Waals surface area (Å²) in [6, 6.07) is 8.50. The Labute approximate surface area is 188 Å². The highest BCUT2D eigenvalue weighted by molar-refractivity contribution is 5.86. The molecule has 2 rings (SSSR count). The molecule has 1 heterocycles. The Morgan fingerprint density at radius 1 is 1.19 bits per heavy atom. The van der Waals surface area contributed by atoms with Gasteiger partial charge in [0.25, 0.3) is 5.69 Å². The van der Waals surface area contributed by atoms with Crippen molar-refractivity contribution >= 4 is 17.5 Å². The van der Waals surface area contributed by atoms with Gasteiger partial charge in [0.1, 0.15) is 11.3 Å². The Kier molecular flexibility index (Phi) is 8.80. The summed E-state index contributed by atoms with van der Waals surface area (Å²) in [7, 11) is 1.52. The molecule has 2 aromatic rings. The summed E-state index contributed by atoms with van der Waals surface area (Å²) in [4.78, 5) is 27.2. The first-order chi connectivity index (χ1) is 15.1. The fourth-order valence-corrected chi connectivity index (χ4v) is 3.23. The van der Waals surface area contributed by atoms with Gasteiger partial charge in [0.15, 0.2) is 0 Å². The number of rotatable bonds is 10. The lowest BCUT2D eigenvalue weighted by atomic mass is 10.0. The first-order valence-electron chi connectivity index (χ1n) is 10.6. The number of unbranched alkanes of at least 4 members (excludes halogenated alkanes) is 1. The number of nitro groups is 1. The van der Waals surface area contributed by atoms with Crippen molar-refractivity contribution in [3.05, 3.63) is 46.6 Å². The fourth-order valence-electron chi connectivity index (χ4n) is 3.23. The Hall–Kier alpha value is -3.36. The van der Waals surface area contributed by atoms with Crippen LogP contribution in [0.15, 0.2) is 36.5 Å². The minimum Gasteiger partial charge on any atom is -0.481 e. The number of nitro benzene ring substituents is 1. The molecule has 2 N–H and O–H groups in total. The number of nitrogens with one attached hydrogen (secondary N) is 2. The molecule has 32 heavy (non-hydrogen) atoms. The standard InChI is InChI=1S/C23H32N4O5/c1-16(10-6-7-14-25-22(28)32-23(2,3)4)26-20-17(11-8-13-19(20)27(29)30)18-12-9-15-24-21(18)31-5/h8-9,11-13,15-16,26H,6-7,10,14H2,1-5H3,(H,25,28). The monoisotopic (exact) mass is 444 g/mol. The van der Waals surface area contributed by atoms with Crippen LogP contribution in [0.5, 0.6) is 5.88 Å². The molecular formula is C23H32N4O5. The van der Waals surface area contributed by atoms with Gasteiger partial charge in [-0.25, -0.2) is 9.78 Å². The van der Waals surface area contributed by atoms with Gasteiger partial charge in [0.05, 0.1) is 12.0 Å². The maximum Gasteiger partial charge on any atom is 0.407 e. The number of benzene rings is 1. The van der Waals surface area contributed by atoms with Crippen LogP contribution < -0.4 is 15.4 Å². The largest absolute Gasteiger partial charge is 0.481 e. The zero-order valence-electron chi connectivity index (χ0n) is 19.3. The quantitative estimate of drug-likeness (QED) is 0.295. The number of ether oxygens (including phenoxy) is 2. The second kappa shape index (κ2) is 11.3. The Morgan fingerprint density at radius 2 is 1.91 bits per heavy atom. The Bertz CT molecular complexity index is 927. The number of amides is 1. The predicted molar refractivity (Wildman–Crippen MR) is 124 cm³/mol. The van der Waals surface area contributed by atoms with Crippen LogP contribution >= 0.6 is 0 Å². The summed E-state index contributed by atoms with van der Waals surface area (Å²) < 4.78 is 10.6. The third-order valence-electron chi connectivity index (χ3n) is 4.62. The number of alkyl carbamates (subject to hydrolysis) is 1. The van der Waals surface area contributed by atoms with E-state index < -0.39 is 16.6 Å². The van der Waals surface area contributed by atoms with E-state index in [-0.39, 0.29) is 11.7 Å². The number of para-hydroxylation sites is 1. The third-order valence-corrected chi connectivity index (χ3v) is 4.62. The second-order valence-electron chi connectivity index (χ2n) is 8.49. The molecule has 0 spiro atoms. The smallest absolute Gasteiger partial charge is 0.407 e. The molecule has 1 atom stereocenters. The molecule has 9 nitrogen and oxygen atoms in total. The molecule has 1 unspecified atom stereocenters. The van der Waals surface area contributed by atoms with Gasteiger partial charge >= 0.3 is 6.09 Å². The minimum absolute atomic E-state index is 0.00755. The van der Waals surface area contributed by atoms with E-state index in [2.05, 4.69) is 15.6 Å². The van der Waals surface area contributed by atoms with Crippen LogP contribution in [0.3, 0.4) is 0 Å². The van der Waals surface area contributed by atoms with Gasteiger partial charge in [0, 0.05) is 36.0 Å². The van der Waals surface area contributed by atoms with Crippen molar-refractivity contribution in [2.24, 2.45) is 0 Å². The number of hydrogen-bond donors (Lipinski definition) is 2. The molecule has 1 amide bonds. The summed E-state index contributed by atoms with van der Waals surface area (Å²) in [5.74, 6) is 0.400. The summed E-state index contributed by atoms with van der Waals surface area (Å²) >= 11 is 0. The highest BCUT2D eigenvalue weighted by Gasteiger charge is 2.22. The number of methoxy groups -OCH3 is 1. The fraction of sp³-hybridized carbons (Fsp3) is 0.478. The lowest BCUT2D eigenvalue weighted by Gasteiger charge is -2.20. The lowest BCUT2D eigenvalue weighted by molar-refractivity contribution is -0.383. The number of carbonyl (C=O) groups excluding carboxylic acids is 1. The summed E-state index contributed by atoms with van der Waals surface area (Å²) in [5.41, 5.74) is 1.23. The maximum absolute atomic E-state index is 11.7. The highest BCUT2D eigenvalue weighted by atomic mass is 16.6. The van der Waals surface area contributed by atoms with Crippen LogP contribution in [0, 0.1) is 10.1 Å². The SMILES string of the molecule is COc1ncccc1-c1cccc([N+](=O)[O-])c1NC(C)CCCCNC(=O)OC(C)(C)C. The van der Waals surface area contributed by atoms with Crippen LogP contribution in [-0.2, 0) is 4.74 Å². The molecular weight excluding hydrogens is 412 g/mol. The summed E-state index contributed by atoms with van der Waals surface area (Å²) in [6.45, 7) is 7.93. The van der Waals surface area contributed by atoms with Crippen molar-refractivity contribution in [3.8, 4) is 17.0 Å². The van der Waals surface area contributed by atoms with Gasteiger partial charge in [-0.15, -0.1) is 0 Å². The molecule has 174 valence electrons. The molecule has 9 heteroatoms. The molecule has 0 aliphatic carbocycles. The topological polar surface area (TPSA) is 116 Å². The highest BCUT2D eigenvalue weighted by Crippen LogP contribution is 2.39. The number of aromatic nitrogens is 1.